The highest BCUT2D eigenvalue weighted by Gasteiger charge is 2.05. The fourth-order valence-corrected chi connectivity index (χ4v) is 2.90. The predicted octanol–water partition coefficient (Wildman–Crippen LogP) is 5.63. The zero-order valence-electron chi connectivity index (χ0n) is 14.7. The number of aryl methyl sites for hydroxylation is 3. The van der Waals surface area contributed by atoms with E-state index in [4.69, 9.17) is 0 Å². The molecule has 1 rings (SSSR count). The molecule has 0 radical (unpaired) electrons. The molecular formula is C20H36N+. The lowest BCUT2D eigenvalue weighted by Gasteiger charge is -2.03. The lowest BCUT2D eigenvalue weighted by Crippen LogP contribution is -2.34. The molecule has 0 aromatic carbocycles. The second kappa shape index (κ2) is 11.8. The summed E-state index contributed by atoms with van der Waals surface area (Å²) in [7, 11) is 0. The fraction of sp³-hybridized carbons (Fsp3) is 0.750. The van der Waals surface area contributed by atoms with E-state index in [-0.39, 0.29) is 0 Å². The van der Waals surface area contributed by atoms with Gasteiger partial charge in [0.1, 0.15) is 6.54 Å². The number of rotatable bonds is 12. The van der Waals surface area contributed by atoms with Crippen molar-refractivity contribution < 1.29 is 4.57 Å². The van der Waals surface area contributed by atoms with Crippen molar-refractivity contribution in [3.05, 3.63) is 29.6 Å². The Morgan fingerprint density at radius 2 is 1.14 bits per heavy atom. The molecule has 0 aliphatic heterocycles. The number of hydrogen-bond acceptors (Lipinski definition) is 0. The Labute approximate surface area is 132 Å². The van der Waals surface area contributed by atoms with Gasteiger partial charge >= 0.3 is 0 Å². The first kappa shape index (κ1) is 18.2. The van der Waals surface area contributed by atoms with Gasteiger partial charge in [0.15, 0.2) is 12.4 Å². The van der Waals surface area contributed by atoms with Crippen LogP contribution < -0.4 is 4.57 Å². The lowest BCUT2D eigenvalue weighted by molar-refractivity contribution is -0.698. The van der Waals surface area contributed by atoms with Gasteiger partial charge < -0.3 is 0 Å². The Hall–Kier alpha value is -0.850. The molecule has 0 spiro atoms. The predicted molar refractivity (Wildman–Crippen MR) is 92.6 cm³/mol. The highest BCUT2D eigenvalue weighted by Crippen LogP contribution is 2.09. The van der Waals surface area contributed by atoms with Gasteiger partial charge in [-0.15, -0.1) is 0 Å². The quantitative estimate of drug-likeness (QED) is 0.347. The maximum Gasteiger partial charge on any atom is 0.171 e. The number of unbranched alkanes of at least 4 members (excludes halogenated alkanes) is 8. The number of hydrogen-bond donors (Lipinski definition) is 0. The van der Waals surface area contributed by atoms with Crippen LogP contribution in [0.15, 0.2) is 18.5 Å². The van der Waals surface area contributed by atoms with Crippen LogP contribution in [0.1, 0.15) is 89.7 Å². The van der Waals surface area contributed by atoms with E-state index < -0.39 is 0 Å². The van der Waals surface area contributed by atoms with E-state index in [9.17, 15) is 0 Å². The van der Waals surface area contributed by atoms with E-state index in [0.29, 0.717) is 0 Å². The van der Waals surface area contributed by atoms with Crippen LogP contribution in [0.2, 0.25) is 0 Å². The van der Waals surface area contributed by atoms with Crippen LogP contribution >= 0.6 is 0 Å². The summed E-state index contributed by atoms with van der Waals surface area (Å²) in [6.45, 7) is 7.97. The number of aromatic nitrogens is 1. The van der Waals surface area contributed by atoms with Crippen molar-refractivity contribution in [2.24, 2.45) is 0 Å². The van der Waals surface area contributed by atoms with E-state index in [1.165, 1.54) is 75.5 Å². The van der Waals surface area contributed by atoms with Gasteiger partial charge in [-0.3, -0.25) is 0 Å². The van der Waals surface area contributed by atoms with Crippen molar-refractivity contribution in [3.8, 4) is 0 Å². The van der Waals surface area contributed by atoms with Crippen LogP contribution in [0.4, 0.5) is 0 Å². The monoisotopic (exact) mass is 290 g/mol. The zero-order chi connectivity index (χ0) is 15.3. The molecule has 0 unspecified atom stereocenters. The molecule has 0 N–H and O–H groups in total. The number of nitrogens with zero attached hydrogens (tertiary/aromatic N) is 1. The van der Waals surface area contributed by atoms with Gasteiger partial charge in [-0.1, -0.05) is 65.7 Å². The molecule has 0 amide bonds. The summed E-state index contributed by atoms with van der Waals surface area (Å²) >= 11 is 0. The standard InChI is InChI=1S/C20H36N/c1-4-7-8-9-10-11-12-13-14-15-21-17-19(5-2)16-20(6-3)18-21/h16-18H,4-15H2,1-3H3/q+1. The molecule has 21 heavy (non-hydrogen) atoms. The lowest BCUT2D eigenvalue weighted by atomic mass is 10.1. The minimum Gasteiger partial charge on any atom is -0.205 e. The summed E-state index contributed by atoms with van der Waals surface area (Å²) in [5.74, 6) is 0. The van der Waals surface area contributed by atoms with Crippen LogP contribution in [-0.4, -0.2) is 0 Å². The van der Waals surface area contributed by atoms with Crippen molar-refractivity contribution in [1.82, 2.24) is 0 Å². The summed E-state index contributed by atoms with van der Waals surface area (Å²) in [6.07, 6.45) is 19.6. The van der Waals surface area contributed by atoms with Gasteiger partial charge in [-0.2, -0.15) is 0 Å². The Morgan fingerprint density at radius 3 is 1.62 bits per heavy atom. The normalized spacial score (nSPS) is 11.0. The average Bonchev–Trinajstić information content (AvgIpc) is 2.52. The van der Waals surface area contributed by atoms with Gasteiger partial charge in [0, 0.05) is 17.5 Å². The zero-order valence-corrected chi connectivity index (χ0v) is 14.7. The Kier molecular flexibility index (Phi) is 10.2. The third kappa shape index (κ3) is 8.24. The van der Waals surface area contributed by atoms with Crippen LogP contribution in [0, 0.1) is 0 Å². The second-order valence-electron chi connectivity index (χ2n) is 6.33. The molecular weight excluding hydrogens is 254 g/mol. The average molecular weight is 291 g/mol. The fourth-order valence-electron chi connectivity index (χ4n) is 2.90. The van der Waals surface area contributed by atoms with Gasteiger partial charge in [0.2, 0.25) is 0 Å². The largest absolute Gasteiger partial charge is 0.205 e. The van der Waals surface area contributed by atoms with Crippen molar-refractivity contribution in [1.29, 1.82) is 0 Å². The summed E-state index contributed by atoms with van der Waals surface area (Å²) in [6, 6.07) is 2.35. The van der Waals surface area contributed by atoms with Crippen molar-refractivity contribution in [2.75, 3.05) is 0 Å². The van der Waals surface area contributed by atoms with Crippen molar-refractivity contribution >= 4 is 0 Å². The van der Waals surface area contributed by atoms with Crippen molar-refractivity contribution in [2.45, 2.75) is 97.9 Å². The van der Waals surface area contributed by atoms with Gasteiger partial charge in [-0.25, -0.2) is 4.57 Å². The Balaban J connectivity index is 2.15. The molecule has 0 fully saturated rings. The van der Waals surface area contributed by atoms with Crippen LogP contribution in [0.25, 0.3) is 0 Å². The Bertz CT molecular complexity index is 348. The van der Waals surface area contributed by atoms with Gasteiger partial charge in [-0.05, 0) is 25.3 Å². The van der Waals surface area contributed by atoms with Gasteiger partial charge in [0.05, 0.1) is 0 Å². The van der Waals surface area contributed by atoms with E-state index >= 15 is 0 Å². The molecule has 0 aliphatic carbocycles. The molecule has 120 valence electrons. The van der Waals surface area contributed by atoms with E-state index in [1.807, 2.05) is 0 Å². The minimum absolute atomic E-state index is 1.14. The summed E-state index contributed by atoms with van der Waals surface area (Å²) in [5, 5.41) is 0. The van der Waals surface area contributed by atoms with Gasteiger partial charge in [0.25, 0.3) is 0 Å². The van der Waals surface area contributed by atoms with E-state index in [2.05, 4.69) is 43.8 Å². The molecule has 0 saturated carbocycles. The minimum atomic E-state index is 1.14. The molecule has 0 bridgehead atoms. The maximum atomic E-state index is 2.42. The molecule has 0 atom stereocenters. The first-order chi connectivity index (χ1) is 10.3. The second-order valence-corrected chi connectivity index (χ2v) is 6.33. The summed E-state index contributed by atoms with van der Waals surface area (Å²) in [5.41, 5.74) is 2.95. The third-order valence-corrected chi connectivity index (χ3v) is 4.37. The molecule has 0 aliphatic rings. The SMILES string of the molecule is CCCCCCCCCCC[n+]1cc(CC)cc(CC)c1. The highest BCUT2D eigenvalue weighted by atomic mass is 14.9. The highest BCUT2D eigenvalue weighted by molar-refractivity contribution is 5.14. The van der Waals surface area contributed by atoms with Crippen LogP contribution in [-0.2, 0) is 19.4 Å². The molecule has 0 saturated heterocycles. The smallest absolute Gasteiger partial charge is 0.171 e. The molecule has 1 aromatic heterocycles. The third-order valence-electron chi connectivity index (χ3n) is 4.37. The van der Waals surface area contributed by atoms with E-state index in [1.54, 1.807) is 0 Å². The molecule has 1 nitrogen and oxygen atoms in total. The Morgan fingerprint density at radius 1 is 0.667 bits per heavy atom. The van der Waals surface area contributed by atoms with Crippen LogP contribution in [0.5, 0.6) is 0 Å². The first-order valence-corrected chi connectivity index (χ1v) is 9.32. The first-order valence-electron chi connectivity index (χ1n) is 9.32. The maximum absolute atomic E-state index is 2.42. The molecule has 1 aromatic rings. The van der Waals surface area contributed by atoms with Crippen LogP contribution in [0.3, 0.4) is 0 Å². The molecule has 1 heterocycles. The summed E-state index contributed by atoms with van der Waals surface area (Å²) in [4.78, 5) is 0. The van der Waals surface area contributed by atoms with E-state index in [0.717, 1.165) is 12.8 Å². The van der Waals surface area contributed by atoms with Crippen molar-refractivity contribution in [3.63, 3.8) is 0 Å². The topological polar surface area (TPSA) is 3.88 Å². The summed E-state index contributed by atoms with van der Waals surface area (Å²) < 4.78 is 2.42. The number of pyridine rings is 1. The molecule has 1 heteroatoms.